The van der Waals surface area contributed by atoms with E-state index in [1.165, 1.54) is 11.1 Å². The van der Waals surface area contributed by atoms with Crippen LogP contribution < -0.4 is 10.6 Å². The smallest absolute Gasteiger partial charge is 0.191 e. The molecule has 2 aromatic heterocycles. The molecule has 0 aliphatic carbocycles. The van der Waals surface area contributed by atoms with Gasteiger partial charge in [-0.05, 0) is 18.1 Å². The molecule has 1 aromatic carbocycles. The Hall–Kier alpha value is -3.16. The van der Waals surface area contributed by atoms with Crippen molar-refractivity contribution >= 4 is 5.96 Å². The van der Waals surface area contributed by atoms with E-state index in [0.29, 0.717) is 6.54 Å². The molecule has 0 saturated carbocycles. The first kappa shape index (κ1) is 19.6. The van der Waals surface area contributed by atoms with E-state index in [4.69, 9.17) is 4.99 Å². The number of imidazole rings is 1. The molecule has 0 aliphatic rings. The quantitative estimate of drug-likeness (QED) is 0.437. The van der Waals surface area contributed by atoms with E-state index in [1.807, 2.05) is 12.5 Å². The second-order valence-corrected chi connectivity index (χ2v) is 6.47. The third kappa shape index (κ3) is 5.67. The number of aliphatic imine (C=N–C) groups is 1. The van der Waals surface area contributed by atoms with E-state index in [9.17, 15) is 0 Å². The lowest BCUT2D eigenvalue weighted by Gasteiger charge is -2.12. The van der Waals surface area contributed by atoms with Crippen LogP contribution in [0.4, 0.5) is 0 Å². The van der Waals surface area contributed by atoms with E-state index < -0.39 is 0 Å². The van der Waals surface area contributed by atoms with Gasteiger partial charge in [-0.1, -0.05) is 31.2 Å². The van der Waals surface area contributed by atoms with Gasteiger partial charge in [-0.25, -0.2) is 9.98 Å². The van der Waals surface area contributed by atoms with E-state index in [-0.39, 0.29) is 0 Å². The zero-order chi connectivity index (χ0) is 19.6. The van der Waals surface area contributed by atoms with Gasteiger partial charge in [0, 0.05) is 45.0 Å². The monoisotopic (exact) mass is 380 g/mol. The number of guanidine groups is 1. The van der Waals surface area contributed by atoms with Crippen molar-refractivity contribution in [1.29, 1.82) is 0 Å². The molecule has 8 heteroatoms. The van der Waals surface area contributed by atoms with Gasteiger partial charge in [-0.2, -0.15) is 0 Å². The highest BCUT2D eigenvalue weighted by atomic mass is 15.3. The summed E-state index contributed by atoms with van der Waals surface area (Å²) >= 11 is 0. The maximum atomic E-state index is 4.72. The maximum absolute atomic E-state index is 4.72. The van der Waals surface area contributed by atoms with E-state index in [1.54, 1.807) is 12.5 Å². The molecule has 3 aromatic rings. The molecule has 0 aliphatic heterocycles. The second-order valence-electron chi connectivity index (χ2n) is 6.47. The fourth-order valence-corrected chi connectivity index (χ4v) is 2.96. The lowest BCUT2D eigenvalue weighted by Crippen LogP contribution is -2.38. The molecule has 28 heavy (non-hydrogen) atoms. The van der Waals surface area contributed by atoms with Crippen molar-refractivity contribution in [3.8, 4) is 0 Å². The van der Waals surface area contributed by atoms with Crippen LogP contribution in [0, 0.1) is 0 Å². The van der Waals surface area contributed by atoms with Gasteiger partial charge in [0.25, 0.3) is 0 Å². The predicted octanol–water partition coefficient (Wildman–Crippen LogP) is 1.84. The molecular formula is C20H28N8. The summed E-state index contributed by atoms with van der Waals surface area (Å²) < 4.78 is 4.12. The van der Waals surface area contributed by atoms with E-state index >= 15 is 0 Å². The molecule has 3 rings (SSSR count). The summed E-state index contributed by atoms with van der Waals surface area (Å²) in [6.45, 7) is 7.98. The van der Waals surface area contributed by atoms with Crippen LogP contribution in [0.25, 0.3) is 0 Å². The predicted molar refractivity (Wildman–Crippen MR) is 110 cm³/mol. The van der Waals surface area contributed by atoms with Crippen molar-refractivity contribution in [2.24, 2.45) is 4.99 Å². The highest BCUT2D eigenvalue weighted by Crippen LogP contribution is 2.08. The van der Waals surface area contributed by atoms with Gasteiger partial charge < -0.3 is 19.8 Å². The molecule has 0 spiro atoms. The number of aromatic nitrogens is 5. The molecule has 0 atom stereocenters. The van der Waals surface area contributed by atoms with Crippen molar-refractivity contribution in [3.05, 3.63) is 66.3 Å². The summed E-state index contributed by atoms with van der Waals surface area (Å²) in [6.07, 6.45) is 8.25. The van der Waals surface area contributed by atoms with E-state index in [2.05, 4.69) is 73.1 Å². The standard InChI is InChI=1S/C20H28N8/c1-3-19-26-25-16-28(19)11-9-23-20(22-4-2)24-13-17-6-5-7-18(12-17)14-27-10-8-21-15-27/h5-8,10,12,15-16H,3-4,9,11,13-14H2,1-2H3,(H2,22,23,24). The minimum Gasteiger partial charge on any atom is -0.357 e. The Morgan fingerprint density at radius 2 is 2.04 bits per heavy atom. The molecule has 0 amide bonds. The van der Waals surface area contributed by atoms with Gasteiger partial charge in [-0.3, -0.25) is 0 Å². The van der Waals surface area contributed by atoms with Crippen LogP contribution in [0.3, 0.4) is 0 Å². The highest BCUT2D eigenvalue weighted by Gasteiger charge is 2.03. The Balaban J connectivity index is 1.56. The van der Waals surface area contributed by atoms with Crippen molar-refractivity contribution in [1.82, 2.24) is 34.9 Å². The van der Waals surface area contributed by atoms with Crippen molar-refractivity contribution in [2.45, 2.75) is 39.9 Å². The largest absolute Gasteiger partial charge is 0.357 e. The van der Waals surface area contributed by atoms with Crippen molar-refractivity contribution in [3.63, 3.8) is 0 Å². The SMILES string of the molecule is CCNC(=NCc1cccc(Cn2ccnc2)c1)NCCn1cnnc1CC. The lowest BCUT2D eigenvalue weighted by atomic mass is 10.1. The molecule has 0 saturated heterocycles. The number of rotatable bonds is 9. The Morgan fingerprint density at radius 1 is 1.14 bits per heavy atom. The van der Waals surface area contributed by atoms with Crippen LogP contribution in [0.15, 0.2) is 54.3 Å². The average Bonchev–Trinajstić information content (AvgIpc) is 3.38. The van der Waals surface area contributed by atoms with Crippen LogP contribution in [0.5, 0.6) is 0 Å². The van der Waals surface area contributed by atoms with Gasteiger partial charge >= 0.3 is 0 Å². The molecule has 0 fully saturated rings. The zero-order valence-corrected chi connectivity index (χ0v) is 16.5. The van der Waals surface area contributed by atoms with Crippen LogP contribution in [-0.4, -0.2) is 43.4 Å². The fraction of sp³-hybridized carbons (Fsp3) is 0.400. The third-order valence-electron chi connectivity index (χ3n) is 4.34. The highest BCUT2D eigenvalue weighted by molar-refractivity contribution is 5.79. The van der Waals surface area contributed by atoms with Gasteiger partial charge in [0.05, 0.1) is 12.9 Å². The average molecular weight is 381 g/mol. The number of nitrogens with zero attached hydrogens (tertiary/aromatic N) is 6. The van der Waals surface area contributed by atoms with Gasteiger partial charge in [-0.15, -0.1) is 10.2 Å². The Labute approximate surface area is 165 Å². The second kappa shape index (κ2) is 10.2. The Morgan fingerprint density at radius 3 is 2.82 bits per heavy atom. The Bertz CT molecular complexity index is 866. The van der Waals surface area contributed by atoms with E-state index in [0.717, 1.165) is 44.4 Å². The molecule has 8 nitrogen and oxygen atoms in total. The van der Waals surface area contributed by atoms with Crippen LogP contribution >= 0.6 is 0 Å². The lowest BCUT2D eigenvalue weighted by molar-refractivity contribution is 0.632. The third-order valence-corrected chi connectivity index (χ3v) is 4.34. The molecule has 2 N–H and O–H groups in total. The zero-order valence-electron chi connectivity index (χ0n) is 16.5. The number of hydrogen-bond donors (Lipinski definition) is 2. The number of hydrogen-bond acceptors (Lipinski definition) is 4. The van der Waals surface area contributed by atoms with Crippen LogP contribution in [0.1, 0.15) is 30.8 Å². The number of aryl methyl sites for hydroxylation is 1. The molecule has 0 radical (unpaired) electrons. The first-order valence-electron chi connectivity index (χ1n) is 9.71. The first-order valence-corrected chi connectivity index (χ1v) is 9.71. The first-order chi connectivity index (χ1) is 13.8. The molecule has 0 bridgehead atoms. The number of benzene rings is 1. The van der Waals surface area contributed by atoms with Crippen molar-refractivity contribution in [2.75, 3.05) is 13.1 Å². The van der Waals surface area contributed by atoms with Crippen molar-refractivity contribution < 1.29 is 0 Å². The Kier molecular flexibility index (Phi) is 7.17. The van der Waals surface area contributed by atoms with Gasteiger partial charge in [0.1, 0.15) is 12.2 Å². The molecular weight excluding hydrogens is 352 g/mol. The molecule has 2 heterocycles. The van der Waals surface area contributed by atoms with Gasteiger partial charge in [0.15, 0.2) is 5.96 Å². The van der Waals surface area contributed by atoms with Gasteiger partial charge in [0.2, 0.25) is 0 Å². The summed E-state index contributed by atoms with van der Waals surface area (Å²) in [4.78, 5) is 8.81. The fourth-order valence-electron chi connectivity index (χ4n) is 2.96. The molecule has 0 unspecified atom stereocenters. The number of nitrogens with one attached hydrogen (secondary N) is 2. The minimum atomic E-state index is 0.625. The topological polar surface area (TPSA) is 85.0 Å². The summed E-state index contributed by atoms with van der Waals surface area (Å²) in [5, 5.41) is 14.8. The summed E-state index contributed by atoms with van der Waals surface area (Å²) in [7, 11) is 0. The normalized spacial score (nSPS) is 11.6. The summed E-state index contributed by atoms with van der Waals surface area (Å²) in [6, 6.07) is 8.50. The maximum Gasteiger partial charge on any atom is 0.191 e. The summed E-state index contributed by atoms with van der Waals surface area (Å²) in [5.41, 5.74) is 2.42. The summed E-state index contributed by atoms with van der Waals surface area (Å²) in [5.74, 6) is 1.81. The molecule has 148 valence electrons. The van der Waals surface area contributed by atoms with Crippen LogP contribution in [-0.2, 0) is 26.1 Å². The van der Waals surface area contributed by atoms with Crippen LogP contribution in [0.2, 0.25) is 0 Å². The minimum absolute atomic E-state index is 0.625.